The average Bonchev–Trinajstić information content (AvgIpc) is 2.67. The van der Waals surface area contributed by atoms with Gasteiger partial charge in [0.15, 0.2) is 0 Å². The van der Waals surface area contributed by atoms with Gasteiger partial charge in [-0.1, -0.05) is 38.0 Å². The molecule has 1 aliphatic heterocycles. The summed E-state index contributed by atoms with van der Waals surface area (Å²) < 4.78 is 0. The van der Waals surface area contributed by atoms with E-state index in [9.17, 15) is 9.59 Å². The van der Waals surface area contributed by atoms with Crippen LogP contribution in [-0.2, 0) is 9.59 Å². The van der Waals surface area contributed by atoms with E-state index in [1.165, 1.54) is 0 Å². The zero-order chi connectivity index (χ0) is 19.8. The van der Waals surface area contributed by atoms with Gasteiger partial charge in [-0.3, -0.25) is 14.5 Å². The summed E-state index contributed by atoms with van der Waals surface area (Å²) in [4.78, 5) is 27.2. The summed E-state index contributed by atoms with van der Waals surface area (Å²) in [5.74, 6) is 0.282. The first-order chi connectivity index (χ1) is 12.9. The molecule has 0 aromatic heterocycles. The molecular formula is C22H35N3O2. The van der Waals surface area contributed by atoms with Gasteiger partial charge in [-0.05, 0) is 64.3 Å². The molecule has 0 aliphatic carbocycles. The van der Waals surface area contributed by atoms with E-state index in [4.69, 9.17) is 0 Å². The van der Waals surface area contributed by atoms with Gasteiger partial charge in [0.05, 0.1) is 6.04 Å². The van der Waals surface area contributed by atoms with Gasteiger partial charge in [0.25, 0.3) is 0 Å². The van der Waals surface area contributed by atoms with Crippen molar-refractivity contribution >= 4 is 17.5 Å². The number of aryl methyl sites for hydroxylation is 2. The lowest BCUT2D eigenvalue weighted by Gasteiger charge is -2.35. The van der Waals surface area contributed by atoms with Gasteiger partial charge < -0.3 is 10.6 Å². The van der Waals surface area contributed by atoms with Crippen molar-refractivity contribution in [3.63, 3.8) is 0 Å². The van der Waals surface area contributed by atoms with Crippen LogP contribution in [0.1, 0.15) is 57.1 Å². The molecule has 1 aliphatic rings. The molecule has 0 radical (unpaired) electrons. The highest BCUT2D eigenvalue weighted by molar-refractivity contribution is 5.95. The minimum Gasteiger partial charge on any atom is -0.356 e. The molecule has 1 aromatic carbocycles. The van der Waals surface area contributed by atoms with Crippen molar-refractivity contribution in [2.75, 3.05) is 25.0 Å². The topological polar surface area (TPSA) is 61.4 Å². The Labute approximate surface area is 163 Å². The number of amides is 2. The molecule has 1 aromatic rings. The zero-order valence-corrected chi connectivity index (χ0v) is 17.3. The molecule has 1 saturated heterocycles. The van der Waals surface area contributed by atoms with Crippen molar-refractivity contribution in [2.45, 2.75) is 65.8 Å². The highest BCUT2D eigenvalue weighted by atomic mass is 16.2. The lowest BCUT2D eigenvalue weighted by Crippen LogP contribution is -2.48. The van der Waals surface area contributed by atoms with Crippen molar-refractivity contribution < 1.29 is 9.59 Å². The van der Waals surface area contributed by atoms with Crippen molar-refractivity contribution in [3.05, 3.63) is 29.3 Å². The molecule has 2 rings (SSSR count). The fraction of sp³-hybridized carbons (Fsp3) is 0.636. The second-order valence-electron chi connectivity index (χ2n) is 7.74. The van der Waals surface area contributed by atoms with Crippen molar-refractivity contribution in [1.29, 1.82) is 0 Å². The number of likely N-dealkylation sites (tertiary alicyclic amines) is 1. The molecule has 2 N–H and O–H groups in total. The predicted octanol–water partition coefficient (Wildman–Crippen LogP) is 3.65. The minimum absolute atomic E-state index is 0.0230. The molecule has 1 heterocycles. The Morgan fingerprint density at radius 2 is 1.78 bits per heavy atom. The van der Waals surface area contributed by atoms with Gasteiger partial charge in [0.2, 0.25) is 11.8 Å². The molecular weight excluding hydrogens is 338 g/mol. The van der Waals surface area contributed by atoms with E-state index in [-0.39, 0.29) is 23.8 Å². The summed E-state index contributed by atoms with van der Waals surface area (Å²) in [7, 11) is 0. The number of nitrogens with zero attached hydrogens (tertiary/aromatic N) is 1. The molecule has 150 valence electrons. The van der Waals surface area contributed by atoms with Crippen LogP contribution in [0.3, 0.4) is 0 Å². The Morgan fingerprint density at radius 1 is 1.15 bits per heavy atom. The number of hydrogen-bond donors (Lipinski definition) is 2. The van der Waals surface area contributed by atoms with Crippen molar-refractivity contribution in [3.8, 4) is 0 Å². The number of piperidine rings is 1. The molecule has 2 amide bonds. The van der Waals surface area contributed by atoms with E-state index >= 15 is 0 Å². The molecule has 1 atom stereocenters. The van der Waals surface area contributed by atoms with Gasteiger partial charge >= 0.3 is 0 Å². The molecule has 0 saturated carbocycles. The first-order valence-corrected chi connectivity index (χ1v) is 10.3. The van der Waals surface area contributed by atoms with E-state index < -0.39 is 0 Å². The van der Waals surface area contributed by atoms with Gasteiger partial charge in [0, 0.05) is 18.2 Å². The SMILES string of the molecule is CCCCCNC(=O)C1CCN(C(C)C(=O)Nc2c(C)cccc2C)CC1. The Kier molecular flexibility index (Phi) is 8.29. The van der Waals surface area contributed by atoms with Crippen LogP contribution in [0.5, 0.6) is 0 Å². The van der Waals surface area contributed by atoms with Crippen LogP contribution in [0.4, 0.5) is 5.69 Å². The van der Waals surface area contributed by atoms with E-state index in [0.717, 1.165) is 68.6 Å². The normalized spacial score (nSPS) is 16.7. The maximum Gasteiger partial charge on any atom is 0.241 e. The second-order valence-corrected chi connectivity index (χ2v) is 7.74. The monoisotopic (exact) mass is 373 g/mol. The number of para-hydroxylation sites is 1. The highest BCUT2D eigenvalue weighted by Crippen LogP contribution is 2.22. The highest BCUT2D eigenvalue weighted by Gasteiger charge is 2.29. The standard InChI is InChI=1S/C22H35N3O2/c1-5-6-7-13-23-22(27)19-11-14-25(15-12-19)18(4)21(26)24-20-16(2)9-8-10-17(20)3/h8-10,18-19H,5-7,11-15H2,1-4H3,(H,23,27)(H,24,26). The van der Waals surface area contributed by atoms with E-state index in [2.05, 4.69) is 22.5 Å². The number of unbranched alkanes of at least 4 members (excludes halogenated alkanes) is 2. The Hall–Kier alpha value is -1.88. The number of rotatable bonds is 8. The van der Waals surface area contributed by atoms with Crippen LogP contribution in [0.25, 0.3) is 0 Å². The summed E-state index contributed by atoms with van der Waals surface area (Å²) in [5, 5.41) is 6.15. The Morgan fingerprint density at radius 3 is 2.37 bits per heavy atom. The van der Waals surface area contributed by atoms with Crippen LogP contribution < -0.4 is 10.6 Å². The quantitative estimate of drug-likeness (QED) is 0.684. The van der Waals surface area contributed by atoms with Crippen LogP contribution >= 0.6 is 0 Å². The largest absolute Gasteiger partial charge is 0.356 e. The Balaban J connectivity index is 1.81. The van der Waals surface area contributed by atoms with Crippen molar-refractivity contribution in [1.82, 2.24) is 10.2 Å². The van der Waals surface area contributed by atoms with Crippen LogP contribution in [0.15, 0.2) is 18.2 Å². The fourth-order valence-corrected chi connectivity index (χ4v) is 3.68. The summed E-state index contributed by atoms with van der Waals surface area (Å²) in [6.45, 7) is 10.5. The molecule has 27 heavy (non-hydrogen) atoms. The summed E-state index contributed by atoms with van der Waals surface area (Å²) in [5.41, 5.74) is 3.07. The minimum atomic E-state index is -0.197. The molecule has 0 spiro atoms. The van der Waals surface area contributed by atoms with Gasteiger partial charge in [0.1, 0.15) is 0 Å². The second kappa shape index (κ2) is 10.5. The van der Waals surface area contributed by atoms with E-state index in [0.29, 0.717) is 0 Å². The maximum absolute atomic E-state index is 12.7. The van der Waals surface area contributed by atoms with Gasteiger partial charge in [-0.2, -0.15) is 0 Å². The third-order valence-corrected chi connectivity index (χ3v) is 5.64. The number of benzene rings is 1. The number of nitrogens with one attached hydrogen (secondary N) is 2. The van der Waals surface area contributed by atoms with Crippen LogP contribution in [0.2, 0.25) is 0 Å². The lowest BCUT2D eigenvalue weighted by atomic mass is 9.94. The number of carbonyl (C=O) groups excluding carboxylic acids is 2. The summed E-state index contributed by atoms with van der Waals surface area (Å²) in [6.07, 6.45) is 5.01. The van der Waals surface area contributed by atoms with Crippen LogP contribution in [0, 0.1) is 19.8 Å². The first kappa shape index (κ1) is 21.4. The molecule has 5 heteroatoms. The fourth-order valence-electron chi connectivity index (χ4n) is 3.68. The summed E-state index contributed by atoms with van der Waals surface area (Å²) >= 11 is 0. The van der Waals surface area contributed by atoms with Gasteiger partial charge in [-0.25, -0.2) is 0 Å². The molecule has 1 fully saturated rings. The Bertz CT molecular complexity index is 616. The lowest BCUT2D eigenvalue weighted by molar-refractivity contribution is -0.127. The molecule has 5 nitrogen and oxygen atoms in total. The number of hydrogen-bond acceptors (Lipinski definition) is 3. The third-order valence-electron chi connectivity index (χ3n) is 5.64. The molecule has 1 unspecified atom stereocenters. The average molecular weight is 374 g/mol. The summed E-state index contributed by atoms with van der Waals surface area (Å²) in [6, 6.07) is 5.83. The van der Waals surface area contributed by atoms with E-state index in [1.807, 2.05) is 39.0 Å². The predicted molar refractivity (Wildman–Crippen MR) is 111 cm³/mol. The number of carbonyl (C=O) groups is 2. The van der Waals surface area contributed by atoms with Crippen molar-refractivity contribution in [2.24, 2.45) is 5.92 Å². The zero-order valence-electron chi connectivity index (χ0n) is 17.3. The molecule has 0 bridgehead atoms. The van der Waals surface area contributed by atoms with Crippen LogP contribution in [-0.4, -0.2) is 42.4 Å². The first-order valence-electron chi connectivity index (χ1n) is 10.3. The number of anilines is 1. The smallest absolute Gasteiger partial charge is 0.241 e. The van der Waals surface area contributed by atoms with Gasteiger partial charge in [-0.15, -0.1) is 0 Å². The maximum atomic E-state index is 12.7. The van der Waals surface area contributed by atoms with E-state index in [1.54, 1.807) is 0 Å². The third kappa shape index (κ3) is 6.06.